The molecule has 0 radical (unpaired) electrons. The second-order valence-electron chi connectivity index (χ2n) is 3.78. The molecule has 0 spiro atoms. The number of pyridine rings is 1. The number of carboxylic acid groups (broad SMARTS) is 1. The Morgan fingerprint density at radius 1 is 1.30 bits per heavy atom. The molecule has 1 heterocycles. The summed E-state index contributed by atoms with van der Waals surface area (Å²) in [5.74, 6) is -0.0915. The highest BCUT2D eigenvalue weighted by Crippen LogP contribution is 2.34. The summed E-state index contributed by atoms with van der Waals surface area (Å²) >= 11 is 8.64. The summed E-state index contributed by atoms with van der Waals surface area (Å²) in [6.45, 7) is 2.00. The van der Waals surface area contributed by atoms with E-state index >= 15 is 0 Å². The number of hydrogen-bond acceptors (Lipinski definition) is 4. The second-order valence-corrected chi connectivity index (χ2v) is 6.59. The van der Waals surface area contributed by atoms with Crippen LogP contribution in [0.1, 0.15) is 17.3 Å². The lowest BCUT2D eigenvalue weighted by molar-refractivity contribution is 0.0689. The van der Waals surface area contributed by atoms with Crippen molar-refractivity contribution < 1.29 is 9.90 Å². The maximum atomic E-state index is 11.5. The minimum absolute atomic E-state index is 0.334. The molecule has 1 N–H and O–H groups in total. The number of aromatic carboxylic acids is 1. The van der Waals surface area contributed by atoms with E-state index in [1.807, 2.05) is 19.1 Å². The molecule has 6 heteroatoms. The minimum atomic E-state index is -0.919. The van der Waals surface area contributed by atoms with Crippen LogP contribution in [0.25, 0.3) is 0 Å². The summed E-state index contributed by atoms with van der Waals surface area (Å²) in [4.78, 5) is 17.1. The molecule has 1 aromatic carbocycles. The van der Waals surface area contributed by atoms with E-state index < -0.39 is 5.97 Å². The van der Waals surface area contributed by atoms with Crippen molar-refractivity contribution in [3.8, 4) is 0 Å². The number of nitrogens with zero attached hydrogens (tertiary/aromatic N) is 1. The van der Waals surface area contributed by atoms with E-state index in [1.165, 1.54) is 23.5 Å². The zero-order valence-electron chi connectivity index (χ0n) is 10.7. The van der Waals surface area contributed by atoms with Gasteiger partial charge in [-0.3, -0.25) is 0 Å². The van der Waals surface area contributed by atoms with Gasteiger partial charge in [0.2, 0.25) is 0 Å². The minimum Gasteiger partial charge on any atom is -0.478 e. The third-order valence-corrected chi connectivity index (χ3v) is 4.59. The highest BCUT2D eigenvalue weighted by atomic mass is 35.5. The van der Waals surface area contributed by atoms with Crippen LogP contribution in [0.4, 0.5) is 0 Å². The molecule has 0 aliphatic carbocycles. The summed E-state index contributed by atoms with van der Waals surface area (Å²) in [6.07, 6.45) is 1.55. The van der Waals surface area contributed by atoms with E-state index in [2.05, 4.69) is 4.98 Å². The van der Waals surface area contributed by atoms with E-state index in [0.717, 1.165) is 15.7 Å². The maximum absolute atomic E-state index is 11.5. The molecule has 0 unspecified atom stereocenters. The van der Waals surface area contributed by atoms with E-state index in [0.29, 0.717) is 15.5 Å². The molecule has 2 rings (SSSR count). The first-order valence-corrected chi connectivity index (χ1v) is 8.08. The summed E-state index contributed by atoms with van der Waals surface area (Å²) < 4.78 is 0. The van der Waals surface area contributed by atoms with Crippen LogP contribution in [-0.2, 0) is 0 Å². The Balaban J connectivity index is 2.37. The van der Waals surface area contributed by atoms with Gasteiger partial charge in [0.15, 0.2) is 0 Å². The van der Waals surface area contributed by atoms with Crippen LogP contribution < -0.4 is 0 Å². The van der Waals surface area contributed by atoms with Gasteiger partial charge in [0, 0.05) is 16.0 Å². The van der Waals surface area contributed by atoms with Crippen LogP contribution in [0.5, 0.6) is 0 Å². The zero-order chi connectivity index (χ0) is 14.5. The topological polar surface area (TPSA) is 50.2 Å². The van der Waals surface area contributed by atoms with Crippen LogP contribution in [-0.4, -0.2) is 21.8 Å². The molecule has 104 valence electrons. The van der Waals surface area contributed by atoms with Gasteiger partial charge in [-0.2, -0.15) is 0 Å². The van der Waals surface area contributed by atoms with Crippen molar-refractivity contribution in [3.63, 3.8) is 0 Å². The lowest BCUT2D eigenvalue weighted by Gasteiger charge is -2.09. The summed E-state index contributed by atoms with van der Waals surface area (Å²) in [5.41, 5.74) is 0.334. The van der Waals surface area contributed by atoms with Gasteiger partial charge in [0.25, 0.3) is 0 Å². The van der Waals surface area contributed by atoms with Crippen LogP contribution in [0, 0.1) is 0 Å². The van der Waals surface area contributed by atoms with Crippen molar-refractivity contribution in [3.05, 3.63) is 47.1 Å². The second kappa shape index (κ2) is 7.02. The Morgan fingerprint density at radius 3 is 2.65 bits per heavy atom. The fourth-order valence-corrected chi connectivity index (χ4v) is 3.53. The van der Waals surface area contributed by atoms with Crippen LogP contribution in [0.15, 0.2) is 51.3 Å². The van der Waals surface area contributed by atoms with Gasteiger partial charge in [0.1, 0.15) is 5.03 Å². The first-order chi connectivity index (χ1) is 9.61. The van der Waals surface area contributed by atoms with Gasteiger partial charge in [-0.25, -0.2) is 9.78 Å². The van der Waals surface area contributed by atoms with Gasteiger partial charge >= 0.3 is 5.97 Å². The van der Waals surface area contributed by atoms with Gasteiger partial charge in [-0.1, -0.05) is 36.4 Å². The van der Waals surface area contributed by atoms with Gasteiger partial charge < -0.3 is 5.11 Å². The van der Waals surface area contributed by atoms with Crippen molar-refractivity contribution in [1.29, 1.82) is 0 Å². The number of benzene rings is 1. The Kier molecular flexibility index (Phi) is 5.34. The van der Waals surface area contributed by atoms with Crippen molar-refractivity contribution in [2.24, 2.45) is 0 Å². The van der Waals surface area contributed by atoms with E-state index in [9.17, 15) is 9.90 Å². The molecule has 2 aromatic rings. The summed E-state index contributed by atoms with van der Waals surface area (Å²) in [6, 6.07) is 9.00. The van der Waals surface area contributed by atoms with E-state index in [1.54, 1.807) is 24.4 Å². The quantitative estimate of drug-likeness (QED) is 0.808. The number of aromatic nitrogens is 1. The molecule has 0 amide bonds. The third kappa shape index (κ3) is 3.69. The highest BCUT2D eigenvalue weighted by Gasteiger charge is 2.16. The van der Waals surface area contributed by atoms with Gasteiger partial charge in [-0.05, 0) is 30.0 Å². The van der Waals surface area contributed by atoms with Crippen molar-refractivity contribution >= 4 is 41.1 Å². The molecule has 0 fully saturated rings. The molecular formula is C14H12ClNO2S2. The Labute approximate surface area is 130 Å². The molecule has 20 heavy (non-hydrogen) atoms. The van der Waals surface area contributed by atoms with Gasteiger partial charge in [0.05, 0.1) is 10.6 Å². The lowest BCUT2D eigenvalue weighted by atomic mass is 10.2. The number of halogens is 1. The highest BCUT2D eigenvalue weighted by molar-refractivity contribution is 8.00. The molecule has 0 aliphatic rings. The Bertz CT molecular complexity index is 617. The number of carbonyl (C=O) groups is 1. The average molecular weight is 326 g/mol. The zero-order valence-corrected chi connectivity index (χ0v) is 13.1. The number of rotatable bonds is 5. The number of carboxylic acids is 1. The SMILES string of the molecule is CCSc1cccc(Sc2ccc(Cl)cn2)c1C(=O)O. The number of hydrogen-bond donors (Lipinski definition) is 1. The molecule has 3 nitrogen and oxygen atoms in total. The average Bonchev–Trinajstić information content (AvgIpc) is 2.41. The fourth-order valence-electron chi connectivity index (χ4n) is 1.62. The molecule has 0 bridgehead atoms. The lowest BCUT2D eigenvalue weighted by Crippen LogP contribution is -2.01. The first kappa shape index (κ1) is 15.2. The molecular weight excluding hydrogens is 314 g/mol. The normalized spacial score (nSPS) is 10.5. The standard InChI is InChI=1S/C14H12ClNO2S2/c1-2-19-10-4-3-5-11(13(10)14(17)18)20-12-7-6-9(15)8-16-12/h3-8H,2H2,1H3,(H,17,18). The maximum Gasteiger partial charge on any atom is 0.337 e. The van der Waals surface area contributed by atoms with E-state index in [4.69, 9.17) is 11.6 Å². The van der Waals surface area contributed by atoms with Crippen molar-refractivity contribution in [2.45, 2.75) is 21.7 Å². The van der Waals surface area contributed by atoms with Crippen LogP contribution >= 0.6 is 35.1 Å². The number of thioether (sulfide) groups is 1. The summed E-state index contributed by atoms with van der Waals surface area (Å²) in [5, 5.41) is 10.7. The smallest absolute Gasteiger partial charge is 0.337 e. The Hall–Kier alpha value is -1.17. The van der Waals surface area contributed by atoms with Crippen LogP contribution in [0.2, 0.25) is 5.02 Å². The molecule has 0 atom stereocenters. The first-order valence-electron chi connectivity index (χ1n) is 5.90. The third-order valence-electron chi connectivity index (χ3n) is 2.42. The van der Waals surface area contributed by atoms with Crippen molar-refractivity contribution in [1.82, 2.24) is 4.98 Å². The predicted octanol–water partition coefficient (Wildman–Crippen LogP) is 4.70. The predicted molar refractivity (Wildman–Crippen MR) is 83.2 cm³/mol. The van der Waals surface area contributed by atoms with E-state index in [-0.39, 0.29) is 0 Å². The monoisotopic (exact) mass is 325 g/mol. The van der Waals surface area contributed by atoms with Crippen LogP contribution in [0.3, 0.4) is 0 Å². The largest absolute Gasteiger partial charge is 0.478 e. The van der Waals surface area contributed by atoms with Crippen molar-refractivity contribution in [2.75, 3.05) is 5.75 Å². The van der Waals surface area contributed by atoms with Gasteiger partial charge in [-0.15, -0.1) is 11.8 Å². The summed E-state index contributed by atoms with van der Waals surface area (Å²) in [7, 11) is 0. The molecule has 0 saturated heterocycles. The fraction of sp³-hybridized carbons (Fsp3) is 0.143. The molecule has 0 saturated carbocycles. The Morgan fingerprint density at radius 2 is 2.05 bits per heavy atom. The molecule has 0 aliphatic heterocycles. The molecule has 1 aromatic heterocycles.